The van der Waals surface area contributed by atoms with Gasteiger partial charge in [-0.1, -0.05) is 12.1 Å². The van der Waals surface area contributed by atoms with Gasteiger partial charge in [0.15, 0.2) is 0 Å². The maximum absolute atomic E-state index is 12.0. The van der Waals surface area contributed by atoms with E-state index in [9.17, 15) is 9.59 Å². The molecule has 0 heterocycles. The number of rotatable bonds is 8. The minimum absolute atomic E-state index is 0.0540. The van der Waals surface area contributed by atoms with E-state index in [2.05, 4.69) is 0 Å². The van der Waals surface area contributed by atoms with Crippen LogP contribution >= 0.6 is 0 Å². The van der Waals surface area contributed by atoms with Crippen LogP contribution in [0.15, 0.2) is 29.8 Å². The van der Waals surface area contributed by atoms with Crippen LogP contribution in [0, 0.1) is 0 Å². The minimum Gasteiger partial charge on any atom is -0.491 e. The van der Waals surface area contributed by atoms with Gasteiger partial charge in [0.05, 0.1) is 25.7 Å². The van der Waals surface area contributed by atoms with Crippen LogP contribution in [0.2, 0.25) is 0 Å². The highest BCUT2D eigenvalue weighted by Crippen LogP contribution is 2.19. The topological polar surface area (TPSA) is 61.8 Å². The van der Waals surface area contributed by atoms with Crippen molar-refractivity contribution in [3.8, 4) is 5.75 Å². The molecule has 0 amide bonds. The molecule has 5 nitrogen and oxygen atoms in total. The normalized spacial score (nSPS) is 11.3. The Morgan fingerprint density at radius 2 is 1.83 bits per heavy atom. The number of benzene rings is 1. The van der Waals surface area contributed by atoms with Gasteiger partial charge in [-0.15, -0.1) is 0 Å². The van der Waals surface area contributed by atoms with Gasteiger partial charge in [-0.3, -0.25) is 4.79 Å². The zero-order valence-electron chi connectivity index (χ0n) is 14.1. The lowest BCUT2D eigenvalue weighted by Crippen LogP contribution is -2.13. The third kappa shape index (κ3) is 7.00. The lowest BCUT2D eigenvalue weighted by atomic mass is 10.1. The second kappa shape index (κ2) is 9.66. The summed E-state index contributed by atoms with van der Waals surface area (Å²) in [5.41, 5.74) is 1.02. The Kier molecular flexibility index (Phi) is 7.88. The zero-order valence-corrected chi connectivity index (χ0v) is 14.1. The number of carbonyl (C=O) groups excluding carboxylic acids is 2. The quantitative estimate of drug-likeness (QED) is 0.543. The largest absolute Gasteiger partial charge is 0.491 e. The molecule has 0 aliphatic carbocycles. The van der Waals surface area contributed by atoms with E-state index in [1.807, 2.05) is 38.1 Å². The first-order chi connectivity index (χ1) is 11.0. The minimum atomic E-state index is -0.518. The van der Waals surface area contributed by atoms with Crippen LogP contribution in [0.3, 0.4) is 0 Å². The second-order valence-electron chi connectivity index (χ2n) is 5.11. The van der Waals surface area contributed by atoms with Crippen LogP contribution in [0.1, 0.15) is 39.7 Å². The summed E-state index contributed by atoms with van der Waals surface area (Å²) in [7, 11) is 0. The summed E-state index contributed by atoms with van der Waals surface area (Å²) in [6.45, 7) is 7.83. The van der Waals surface area contributed by atoms with E-state index in [0.29, 0.717) is 5.75 Å². The van der Waals surface area contributed by atoms with E-state index >= 15 is 0 Å². The number of esters is 2. The molecule has 0 bridgehead atoms. The smallest absolute Gasteiger partial charge is 0.334 e. The summed E-state index contributed by atoms with van der Waals surface area (Å²) in [6.07, 6.45) is 1.56. The van der Waals surface area contributed by atoms with Crippen molar-refractivity contribution < 1.29 is 23.8 Å². The summed E-state index contributed by atoms with van der Waals surface area (Å²) in [6, 6.07) is 7.31. The monoisotopic (exact) mass is 320 g/mol. The Morgan fingerprint density at radius 1 is 1.13 bits per heavy atom. The first kappa shape index (κ1) is 18.7. The molecule has 5 heteroatoms. The van der Waals surface area contributed by atoms with E-state index in [1.165, 1.54) is 0 Å². The molecular weight excluding hydrogens is 296 g/mol. The molecule has 0 saturated carbocycles. The Hall–Kier alpha value is -2.30. The standard InChI is InChI=1S/C18H24O5/c1-5-21-17(19)12-15(18(20)22-6-2)10-14-8-7-9-16(11-14)23-13(3)4/h7-11,13H,5-6,12H2,1-4H3. The number of hydrogen-bond acceptors (Lipinski definition) is 5. The van der Waals surface area contributed by atoms with Gasteiger partial charge >= 0.3 is 11.9 Å². The first-order valence-corrected chi connectivity index (χ1v) is 7.76. The van der Waals surface area contributed by atoms with Gasteiger partial charge in [0.1, 0.15) is 5.75 Å². The molecule has 1 aromatic rings. The zero-order chi connectivity index (χ0) is 17.2. The fraction of sp³-hybridized carbons (Fsp3) is 0.444. The molecule has 0 aliphatic heterocycles. The van der Waals surface area contributed by atoms with Crippen molar-refractivity contribution in [2.24, 2.45) is 0 Å². The molecule has 1 rings (SSSR count). The molecule has 0 saturated heterocycles. The average Bonchev–Trinajstić information content (AvgIpc) is 2.46. The molecule has 0 spiro atoms. The molecule has 0 aliphatic rings. The molecule has 126 valence electrons. The van der Waals surface area contributed by atoms with Crippen LogP contribution in [-0.4, -0.2) is 31.3 Å². The second-order valence-corrected chi connectivity index (χ2v) is 5.11. The van der Waals surface area contributed by atoms with Crippen molar-refractivity contribution in [3.05, 3.63) is 35.4 Å². The van der Waals surface area contributed by atoms with Crippen molar-refractivity contribution in [3.63, 3.8) is 0 Å². The van der Waals surface area contributed by atoms with Crippen LogP contribution < -0.4 is 4.74 Å². The lowest BCUT2D eigenvalue weighted by Gasteiger charge is -2.11. The highest BCUT2D eigenvalue weighted by molar-refractivity contribution is 5.98. The Balaban J connectivity index is 3.02. The SMILES string of the molecule is CCOC(=O)CC(=Cc1cccc(OC(C)C)c1)C(=O)OCC. The molecule has 23 heavy (non-hydrogen) atoms. The molecule has 0 aromatic heterocycles. The summed E-state index contributed by atoms with van der Waals surface area (Å²) in [4.78, 5) is 23.7. The fourth-order valence-corrected chi connectivity index (χ4v) is 1.92. The summed E-state index contributed by atoms with van der Waals surface area (Å²) in [5.74, 6) is -0.273. The van der Waals surface area contributed by atoms with Crippen molar-refractivity contribution in [2.75, 3.05) is 13.2 Å². The maximum atomic E-state index is 12.0. The van der Waals surface area contributed by atoms with Crippen molar-refractivity contribution in [1.29, 1.82) is 0 Å². The predicted molar refractivity (Wildman–Crippen MR) is 88.1 cm³/mol. The van der Waals surface area contributed by atoms with E-state index < -0.39 is 11.9 Å². The highest BCUT2D eigenvalue weighted by atomic mass is 16.5. The molecular formula is C18H24O5. The Labute approximate surface area is 137 Å². The number of hydrogen-bond donors (Lipinski definition) is 0. The van der Waals surface area contributed by atoms with Crippen LogP contribution in [-0.2, 0) is 19.1 Å². The van der Waals surface area contributed by atoms with E-state index in [1.54, 1.807) is 19.9 Å². The summed E-state index contributed by atoms with van der Waals surface area (Å²) < 4.78 is 15.5. The van der Waals surface area contributed by atoms with E-state index in [-0.39, 0.29) is 31.3 Å². The van der Waals surface area contributed by atoms with Gasteiger partial charge in [0, 0.05) is 5.57 Å². The molecule has 1 aromatic carbocycles. The molecule has 0 N–H and O–H groups in total. The molecule has 0 fully saturated rings. The summed E-state index contributed by atoms with van der Waals surface area (Å²) in [5, 5.41) is 0. The Morgan fingerprint density at radius 3 is 2.43 bits per heavy atom. The van der Waals surface area contributed by atoms with Crippen LogP contribution in [0.25, 0.3) is 6.08 Å². The van der Waals surface area contributed by atoms with Crippen molar-refractivity contribution >= 4 is 18.0 Å². The third-order valence-corrected chi connectivity index (χ3v) is 2.75. The predicted octanol–water partition coefficient (Wildman–Crippen LogP) is 3.37. The maximum Gasteiger partial charge on any atom is 0.334 e. The van der Waals surface area contributed by atoms with Gasteiger partial charge in [-0.05, 0) is 51.5 Å². The highest BCUT2D eigenvalue weighted by Gasteiger charge is 2.16. The lowest BCUT2D eigenvalue weighted by molar-refractivity contribution is -0.145. The molecule has 0 unspecified atom stereocenters. The third-order valence-electron chi connectivity index (χ3n) is 2.75. The van der Waals surface area contributed by atoms with Crippen molar-refractivity contribution in [1.82, 2.24) is 0 Å². The number of ether oxygens (including phenoxy) is 3. The van der Waals surface area contributed by atoms with Gasteiger partial charge in [0.2, 0.25) is 0 Å². The fourth-order valence-electron chi connectivity index (χ4n) is 1.92. The van der Waals surface area contributed by atoms with E-state index in [0.717, 1.165) is 5.56 Å². The van der Waals surface area contributed by atoms with Gasteiger partial charge in [-0.25, -0.2) is 4.79 Å². The molecule has 0 atom stereocenters. The van der Waals surface area contributed by atoms with Crippen LogP contribution in [0.5, 0.6) is 5.75 Å². The summed E-state index contributed by atoms with van der Waals surface area (Å²) >= 11 is 0. The molecule has 0 radical (unpaired) electrons. The van der Waals surface area contributed by atoms with Gasteiger partial charge in [-0.2, -0.15) is 0 Å². The average molecular weight is 320 g/mol. The number of carbonyl (C=O) groups is 2. The van der Waals surface area contributed by atoms with E-state index in [4.69, 9.17) is 14.2 Å². The van der Waals surface area contributed by atoms with Crippen LogP contribution in [0.4, 0.5) is 0 Å². The van der Waals surface area contributed by atoms with Gasteiger partial charge < -0.3 is 14.2 Å². The van der Waals surface area contributed by atoms with Crippen molar-refractivity contribution in [2.45, 2.75) is 40.2 Å². The first-order valence-electron chi connectivity index (χ1n) is 7.76. The van der Waals surface area contributed by atoms with Gasteiger partial charge in [0.25, 0.3) is 0 Å². The Bertz CT molecular complexity index is 560.